The number of thiophene rings is 1. The molecule has 0 N–H and O–H groups in total. The summed E-state index contributed by atoms with van der Waals surface area (Å²) in [5.74, 6) is -2.12. The number of rotatable bonds is 11. The van der Waals surface area contributed by atoms with Crippen molar-refractivity contribution in [2.45, 2.75) is 25.7 Å². The zero-order chi connectivity index (χ0) is 24.7. The lowest BCUT2D eigenvalue weighted by Gasteiger charge is -2.14. The first kappa shape index (κ1) is 26.5. The fourth-order valence-electron chi connectivity index (χ4n) is 3.21. The van der Waals surface area contributed by atoms with Gasteiger partial charge in [0.2, 0.25) is 0 Å². The number of amides is 1. The van der Waals surface area contributed by atoms with Crippen LogP contribution in [0.2, 0.25) is 0 Å². The monoisotopic (exact) mass is 524 g/mol. The molecule has 10 heteroatoms. The summed E-state index contributed by atoms with van der Waals surface area (Å²) in [5, 5.41) is 1.84. The Morgan fingerprint density at radius 2 is 1.94 bits per heavy atom. The van der Waals surface area contributed by atoms with Crippen LogP contribution < -0.4 is 0 Å². The summed E-state index contributed by atoms with van der Waals surface area (Å²) >= 11 is 8.05. The summed E-state index contributed by atoms with van der Waals surface area (Å²) in [7, 11) is 3.84. The molecule has 1 aromatic carbocycles. The van der Waals surface area contributed by atoms with Crippen LogP contribution in [0, 0.1) is 11.6 Å². The Kier molecular flexibility index (Phi) is 9.75. The number of hydrogen-bond acceptors (Lipinski definition) is 7. The molecule has 34 heavy (non-hydrogen) atoms. The number of thioether (sulfide) groups is 1. The molecule has 0 saturated carbocycles. The average molecular weight is 525 g/mol. The molecule has 1 aliphatic rings. The van der Waals surface area contributed by atoms with Gasteiger partial charge in [-0.1, -0.05) is 36.5 Å². The minimum Gasteiger partial charge on any atom is -0.464 e. The number of ether oxygens (including phenoxy) is 1. The number of unbranched alkanes of at least 4 members (excludes halogenated alkanes) is 2. The number of esters is 1. The van der Waals surface area contributed by atoms with E-state index in [2.05, 4.69) is 0 Å². The van der Waals surface area contributed by atoms with Crippen LogP contribution in [0.4, 0.5) is 8.78 Å². The summed E-state index contributed by atoms with van der Waals surface area (Å²) in [4.78, 5) is 29.4. The van der Waals surface area contributed by atoms with Gasteiger partial charge < -0.3 is 9.64 Å². The number of hydrogen-bond donors (Lipinski definition) is 0. The molecule has 1 saturated heterocycles. The van der Waals surface area contributed by atoms with Crippen LogP contribution in [0.3, 0.4) is 0 Å². The van der Waals surface area contributed by atoms with E-state index >= 15 is 0 Å². The van der Waals surface area contributed by atoms with Crippen molar-refractivity contribution < 1.29 is 23.1 Å². The molecular formula is C24H26F2N2O3S3. The molecule has 2 heterocycles. The molecule has 1 fully saturated rings. The Balaban J connectivity index is 1.47. The molecule has 0 atom stereocenters. The predicted octanol–water partition coefficient (Wildman–Crippen LogP) is 5.56. The number of benzene rings is 1. The Morgan fingerprint density at radius 1 is 1.15 bits per heavy atom. The number of nitrogens with zero attached hydrogens (tertiary/aromatic N) is 2. The average Bonchev–Trinajstić information content (AvgIpc) is 3.35. The van der Waals surface area contributed by atoms with Crippen LogP contribution in [0.15, 0.2) is 34.6 Å². The first-order chi connectivity index (χ1) is 16.2. The van der Waals surface area contributed by atoms with E-state index in [9.17, 15) is 18.4 Å². The van der Waals surface area contributed by atoms with Crippen LogP contribution in [0.25, 0.3) is 17.2 Å². The van der Waals surface area contributed by atoms with Gasteiger partial charge in [-0.2, -0.15) is 0 Å². The Hall–Kier alpha value is -2.14. The zero-order valence-electron chi connectivity index (χ0n) is 19.0. The highest BCUT2D eigenvalue weighted by Gasteiger charge is 2.31. The molecular weight excluding hydrogens is 498 g/mol. The van der Waals surface area contributed by atoms with E-state index in [1.807, 2.05) is 30.4 Å². The standard InChI is InChI=1S/C24H26F2N2O3S3/c1-27(2)10-11-31-22(29)6-4-3-5-9-28-23(30)21(34-24(28)32)14-18-12-17(15-33-18)16-7-8-19(25)20(26)13-16/h7-8,12-15H,3-6,9-11H2,1-2H3. The maximum atomic E-state index is 13.5. The normalized spacial score (nSPS) is 15.1. The van der Waals surface area contributed by atoms with Crippen molar-refractivity contribution in [2.24, 2.45) is 0 Å². The Labute approximate surface area is 211 Å². The van der Waals surface area contributed by atoms with Crippen molar-refractivity contribution in [1.82, 2.24) is 9.80 Å². The number of carbonyl (C=O) groups is 2. The third kappa shape index (κ3) is 7.43. The lowest BCUT2D eigenvalue weighted by Crippen LogP contribution is -2.29. The van der Waals surface area contributed by atoms with Crippen molar-refractivity contribution in [2.75, 3.05) is 33.8 Å². The van der Waals surface area contributed by atoms with Gasteiger partial charge in [0.15, 0.2) is 11.6 Å². The van der Waals surface area contributed by atoms with Crippen molar-refractivity contribution in [3.8, 4) is 11.1 Å². The summed E-state index contributed by atoms with van der Waals surface area (Å²) in [6, 6.07) is 5.61. The smallest absolute Gasteiger partial charge is 0.305 e. The highest BCUT2D eigenvalue weighted by molar-refractivity contribution is 8.26. The maximum absolute atomic E-state index is 13.5. The molecule has 0 radical (unpaired) electrons. The molecule has 0 unspecified atom stereocenters. The lowest BCUT2D eigenvalue weighted by molar-refractivity contribution is -0.144. The maximum Gasteiger partial charge on any atom is 0.305 e. The minimum absolute atomic E-state index is 0.138. The summed E-state index contributed by atoms with van der Waals surface area (Å²) < 4.78 is 32.4. The second-order valence-electron chi connectivity index (χ2n) is 8.03. The van der Waals surface area contributed by atoms with Crippen molar-refractivity contribution in [1.29, 1.82) is 0 Å². The van der Waals surface area contributed by atoms with Crippen LogP contribution in [-0.4, -0.2) is 59.8 Å². The van der Waals surface area contributed by atoms with E-state index in [1.54, 1.807) is 11.0 Å². The molecule has 1 amide bonds. The first-order valence-electron chi connectivity index (χ1n) is 10.8. The quantitative estimate of drug-likeness (QED) is 0.166. The summed E-state index contributed by atoms with van der Waals surface area (Å²) in [5.41, 5.74) is 1.33. The minimum atomic E-state index is -0.896. The number of carbonyl (C=O) groups excluding carboxylic acids is 2. The van der Waals surface area contributed by atoms with E-state index in [0.717, 1.165) is 35.4 Å². The molecule has 5 nitrogen and oxygen atoms in total. The lowest BCUT2D eigenvalue weighted by atomic mass is 10.1. The van der Waals surface area contributed by atoms with E-state index in [1.165, 1.54) is 29.2 Å². The van der Waals surface area contributed by atoms with Gasteiger partial charge >= 0.3 is 5.97 Å². The van der Waals surface area contributed by atoms with Gasteiger partial charge in [-0.25, -0.2) is 8.78 Å². The van der Waals surface area contributed by atoms with Crippen molar-refractivity contribution in [3.63, 3.8) is 0 Å². The molecule has 182 valence electrons. The van der Waals surface area contributed by atoms with Gasteiger partial charge in [-0.15, -0.1) is 11.3 Å². The third-order valence-electron chi connectivity index (χ3n) is 5.08. The number of thiocarbonyl (C=S) groups is 1. The fourth-order valence-corrected chi connectivity index (χ4v) is 5.43. The Morgan fingerprint density at radius 3 is 2.68 bits per heavy atom. The van der Waals surface area contributed by atoms with E-state index in [0.29, 0.717) is 47.3 Å². The number of halogens is 2. The van der Waals surface area contributed by atoms with Crippen LogP contribution in [-0.2, 0) is 14.3 Å². The van der Waals surface area contributed by atoms with E-state index in [4.69, 9.17) is 17.0 Å². The molecule has 0 aliphatic carbocycles. The van der Waals surface area contributed by atoms with Crippen LogP contribution in [0.5, 0.6) is 0 Å². The predicted molar refractivity (Wildman–Crippen MR) is 138 cm³/mol. The van der Waals surface area contributed by atoms with Gasteiger partial charge in [0, 0.05) is 24.4 Å². The molecule has 3 rings (SSSR count). The largest absolute Gasteiger partial charge is 0.464 e. The highest BCUT2D eigenvalue weighted by atomic mass is 32.2. The number of likely N-dealkylation sites (N-methyl/N-ethyl adjacent to an activating group) is 1. The SMILES string of the molecule is CN(C)CCOC(=O)CCCCCN1C(=O)C(=Cc2cc(-c3ccc(F)c(F)c3)cs2)SC1=S. The van der Waals surface area contributed by atoms with E-state index in [-0.39, 0.29) is 11.9 Å². The zero-order valence-corrected chi connectivity index (χ0v) is 21.5. The fraction of sp³-hybridized carbons (Fsp3) is 0.375. The molecule has 1 aromatic heterocycles. The van der Waals surface area contributed by atoms with Gasteiger partial charge in [0.25, 0.3) is 5.91 Å². The highest BCUT2D eigenvalue weighted by Crippen LogP contribution is 2.35. The molecule has 1 aliphatic heterocycles. The second-order valence-corrected chi connectivity index (χ2v) is 10.7. The van der Waals surface area contributed by atoms with Crippen molar-refractivity contribution in [3.05, 3.63) is 51.1 Å². The van der Waals surface area contributed by atoms with Gasteiger partial charge in [-0.3, -0.25) is 14.5 Å². The summed E-state index contributed by atoms with van der Waals surface area (Å²) in [6.07, 6.45) is 4.38. The topological polar surface area (TPSA) is 49.9 Å². The molecule has 0 spiro atoms. The second kappa shape index (κ2) is 12.5. The van der Waals surface area contributed by atoms with Crippen LogP contribution >= 0.6 is 35.3 Å². The first-order valence-corrected chi connectivity index (χ1v) is 12.9. The van der Waals surface area contributed by atoms with Crippen LogP contribution in [0.1, 0.15) is 30.6 Å². The van der Waals surface area contributed by atoms with Gasteiger partial charge in [0.1, 0.15) is 10.9 Å². The van der Waals surface area contributed by atoms with Crippen molar-refractivity contribution >= 4 is 57.6 Å². The molecule has 0 bridgehead atoms. The van der Waals surface area contributed by atoms with Gasteiger partial charge in [-0.05, 0) is 67.7 Å². The van der Waals surface area contributed by atoms with Gasteiger partial charge in [0.05, 0.1) is 4.91 Å². The Bertz CT molecular complexity index is 1090. The van der Waals surface area contributed by atoms with E-state index < -0.39 is 11.6 Å². The molecule has 2 aromatic rings. The third-order valence-corrected chi connectivity index (χ3v) is 7.34. The summed E-state index contributed by atoms with van der Waals surface area (Å²) in [6.45, 7) is 1.59.